The van der Waals surface area contributed by atoms with Gasteiger partial charge in [0.25, 0.3) is 0 Å². The third-order valence-electron chi connectivity index (χ3n) is 9.38. The lowest BCUT2D eigenvalue weighted by Gasteiger charge is -2.49. The number of hydrogen-bond acceptors (Lipinski definition) is 13. The van der Waals surface area contributed by atoms with E-state index in [-0.39, 0.29) is 38.5 Å². The number of aliphatic hydroxyl groups is 2. The Morgan fingerprint density at radius 1 is 1.16 bits per heavy atom. The number of hydroxylamine groups is 2. The van der Waals surface area contributed by atoms with Crippen LogP contribution in [0.3, 0.4) is 0 Å². The molecule has 4 fully saturated rings. The summed E-state index contributed by atoms with van der Waals surface area (Å²) in [5.41, 5.74) is -0.876. The zero-order chi connectivity index (χ0) is 37.2. The van der Waals surface area contributed by atoms with Gasteiger partial charge < -0.3 is 44.7 Å². The molecule has 51 heavy (non-hydrogen) atoms. The van der Waals surface area contributed by atoms with E-state index < -0.39 is 90.0 Å². The molecule has 16 nitrogen and oxygen atoms in total. The van der Waals surface area contributed by atoms with Crippen molar-refractivity contribution >= 4 is 35.7 Å². The van der Waals surface area contributed by atoms with Crippen molar-refractivity contribution in [2.75, 3.05) is 27.5 Å². The Balaban J connectivity index is 1.37. The van der Waals surface area contributed by atoms with Crippen LogP contribution >= 0.6 is 0 Å². The number of rotatable bonds is 13. The van der Waals surface area contributed by atoms with Gasteiger partial charge in [-0.25, -0.2) is 0 Å². The number of aliphatic hydroxyl groups excluding tert-OH is 2. The van der Waals surface area contributed by atoms with E-state index in [4.69, 9.17) is 23.8 Å². The highest BCUT2D eigenvalue weighted by atomic mass is 16.8. The summed E-state index contributed by atoms with van der Waals surface area (Å²) in [6, 6.07) is 3.60. The van der Waals surface area contributed by atoms with Gasteiger partial charge in [0.2, 0.25) is 17.7 Å². The maximum Gasteiger partial charge on any atom is 0.327 e. The molecule has 0 radical (unpaired) electrons. The highest BCUT2D eigenvalue weighted by molar-refractivity contribution is 5.96. The number of esters is 2. The fourth-order valence-corrected chi connectivity index (χ4v) is 6.99. The van der Waals surface area contributed by atoms with Crippen molar-refractivity contribution in [3.63, 3.8) is 0 Å². The van der Waals surface area contributed by atoms with Crippen LogP contribution in [0.4, 0.5) is 0 Å². The zero-order valence-corrected chi connectivity index (χ0v) is 29.7. The third-order valence-corrected chi connectivity index (χ3v) is 9.38. The van der Waals surface area contributed by atoms with E-state index >= 15 is 0 Å². The van der Waals surface area contributed by atoms with Crippen molar-refractivity contribution in [3.05, 3.63) is 41.5 Å². The molecule has 5 rings (SSSR count). The van der Waals surface area contributed by atoms with Crippen LogP contribution in [-0.2, 0) is 54.3 Å². The van der Waals surface area contributed by atoms with E-state index in [1.165, 1.54) is 23.0 Å². The maximum absolute atomic E-state index is 14.5. The Morgan fingerprint density at radius 2 is 1.88 bits per heavy atom. The first-order chi connectivity index (χ1) is 24.0. The molecule has 3 heterocycles. The number of nitrogens with zero attached hydrogens (tertiary/aromatic N) is 2. The largest absolute Gasteiger partial charge is 0.460 e. The molecule has 16 heteroatoms. The second-order valence-corrected chi connectivity index (χ2v) is 14.6. The molecule has 4 aliphatic rings. The van der Waals surface area contributed by atoms with Gasteiger partial charge in [-0.05, 0) is 51.3 Å². The summed E-state index contributed by atoms with van der Waals surface area (Å²) in [4.78, 5) is 73.9. The first-order valence-electron chi connectivity index (χ1n) is 17.0. The Kier molecular flexibility index (Phi) is 11.5. The van der Waals surface area contributed by atoms with Crippen LogP contribution < -0.4 is 10.6 Å². The molecule has 3 saturated heterocycles. The molecule has 1 aliphatic carbocycles. The van der Waals surface area contributed by atoms with Crippen molar-refractivity contribution in [1.82, 2.24) is 20.6 Å². The lowest BCUT2D eigenvalue weighted by Crippen LogP contribution is -2.71. The molecule has 3 amide bonds. The van der Waals surface area contributed by atoms with Gasteiger partial charge in [0.1, 0.15) is 48.3 Å². The van der Waals surface area contributed by atoms with E-state index in [0.717, 1.165) is 5.56 Å². The van der Waals surface area contributed by atoms with Crippen molar-refractivity contribution in [1.29, 1.82) is 0 Å². The highest BCUT2D eigenvalue weighted by Crippen LogP contribution is 2.55. The summed E-state index contributed by atoms with van der Waals surface area (Å²) >= 11 is 0. The van der Waals surface area contributed by atoms with Crippen LogP contribution in [0, 0.1) is 5.41 Å². The number of likely N-dealkylation sites (N-methyl/N-ethyl adjacent to an activating group) is 1. The van der Waals surface area contributed by atoms with Crippen LogP contribution in [0.2, 0.25) is 0 Å². The summed E-state index contributed by atoms with van der Waals surface area (Å²) in [6.45, 7) is 5.93. The first-order valence-corrected chi connectivity index (χ1v) is 17.0. The molecule has 0 spiro atoms. The van der Waals surface area contributed by atoms with Gasteiger partial charge in [0, 0.05) is 33.0 Å². The number of carbonyl (C=O) groups is 5. The monoisotopic (exact) mass is 716 g/mol. The lowest BCUT2D eigenvalue weighted by molar-refractivity contribution is -0.201. The molecule has 4 N–H and O–H groups in total. The maximum atomic E-state index is 14.5. The van der Waals surface area contributed by atoms with E-state index in [9.17, 15) is 34.2 Å². The van der Waals surface area contributed by atoms with Gasteiger partial charge in [0.05, 0.1) is 25.3 Å². The second kappa shape index (κ2) is 15.4. The summed E-state index contributed by atoms with van der Waals surface area (Å²) in [5, 5.41) is 27.3. The predicted octanol–water partition coefficient (Wildman–Crippen LogP) is -0.206. The Labute approximate surface area is 296 Å². The smallest absolute Gasteiger partial charge is 0.327 e. The van der Waals surface area contributed by atoms with Gasteiger partial charge in [-0.1, -0.05) is 24.3 Å². The van der Waals surface area contributed by atoms with Crippen LogP contribution in [0.5, 0.6) is 0 Å². The van der Waals surface area contributed by atoms with Gasteiger partial charge in [-0.15, -0.1) is 0 Å². The normalized spacial score (nSPS) is 28.7. The molecule has 2 bridgehead atoms. The standard InChI is InChI=1S/C35H48N4O12/c1-19(41)26(31(44)36-22(17-40)11-13-25(43)50-34(2,3)4)37-33(46)35-15-23-27-28(48-18-47-27)30(35)51-39(29(35)32(45)49-23)16-21-9-7-8-20(14-21)10-12-24(42)38(5)6/h7-10,12,14,19,22-23,26-30,40-41H,11,13,15-18H2,1-6H3,(H,36,44)(H,37,46). The fourth-order valence-electron chi connectivity index (χ4n) is 6.99. The van der Waals surface area contributed by atoms with Gasteiger partial charge >= 0.3 is 11.9 Å². The van der Waals surface area contributed by atoms with Gasteiger partial charge in [-0.3, -0.25) is 28.8 Å². The number of nitrogens with one attached hydrogen (secondary N) is 2. The molecule has 1 aromatic carbocycles. The van der Waals surface area contributed by atoms with Gasteiger partial charge in [0.15, 0.2) is 6.04 Å². The molecule has 9 unspecified atom stereocenters. The van der Waals surface area contributed by atoms with Crippen LogP contribution in [0.1, 0.15) is 58.1 Å². The molecule has 1 aromatic rings. The van der Waals surface area contributed by atoms with E-state index in [1.807, 2.05) is 18.2 Å². The molecule has 9 atom stereocenters. The SMILES string of the molecule is CC(O)C(NC(=O)C12CC3OC(=O)C1N(Cc1cccc(C=CC(=O)N(C)C)c1)OC2C1OCOC31)C(=O)NC(CO)CCC(=O)OC(C)(C)C. The van der Waals surface area contributed by atoms with Crippen molar-refractivity contribution in [2.45, 2.75) is 108 Å². The van der Waals surface area contributed by atoms with E-state index in [1.54, 1.807) is 47.0 Å². The predicted molar refractivity (Wildman–Crippen MR) is 178 cm³/mol. The van der Waals surface area contributed by atoms with Crippen molar-refractivity contribution < 1.29 is 58.0 Å². The second-order valence-electron chi connectivity index (χ2n) is 14.6. The van der Waals surface area contributed by atoms with E-state index in [0.29, 0.717) is 5.56 Å². The molecule has 280 valence electrons. The van der Waals surface area contributed by atoms with Crippen molar-refractivity contribution in [2.24, 2.45) is 5.41 Å². The quantitative estimate of drug-likeness (QED) is 0.155. The minimum atomic E-state index is -1.61. The third kappa shape index (κ3) is 8.26. The first kappa shape index (κ1) is 38.3. The van der Waals surface area contributed by atoms with Crippen LogP contribution in [0.15, 0.2) is 30.3 Å². The van der Waals surface area contributed by atoms with Crippen molar-refractivity contribution in [3.8, 4) is 0 Å². The highest BCUT2D eigenvalue weighted by Gasteiger charge is 2.74. The topological polar surface area (TPSA) is 202 Å². The number of carbonyl (C=O) groups excluding carboxylic acids is 5. The summed E-state index contributed by atoms with van der Waals surface area (Å²) < 4.78 is 22.7. The Morgan fingerprint density at radius 3 is 2.55 bits per heavy atom. The molecule has 0 aromatic heterocycles. The molecule has 1 saturated carbocycles. The molecular formula is C35H48N4O12. The molecule has 3 aliphatic heterocycles. The Hall–Kier alpha value is -3.93. The minimum Gasteiger partial charge on any atom is -0.460 e. The lowest BCUT2D eigenvalue weighted by atomic mass is 9.62. The number of fused-ring (bicyclic) bond motifs is 4. The average molecular weight is 717 g/mol. The fraction of sp³-hybridized carbons (Fsp3) is 0.629. The minimum absolute atomic E-state index is 0.000337. The van der Waals surface area contributed by atoms with E-state index in [2.05, 4.69) is 10.6 Å². The number of amides is 3. The zero-order valence-electron chi connectivity index (χ0n) is 29.7. The number of benzene rings is 1. The average Bonchev–Trinajstić information content (AvgIpc) is 3.68. The summed E-state index contributed by atoms with van der Waals surface area (Å²) in [5.74, 6) is -2.95. The Bertz CT molecular complexity index is 1530. The summed E-state index contributed by atoms with van der Waals surface area (Å²) in [7, 11) is 3.29. The number of ether oxygens (including phenoxy) is 4. The summed E-state index contributed by atoms with van der Waals surface area (Å²) in [6.07, 6.45) is -1.65. The number of hydrogen-bond donors (Lipinski definition) is 4. The van der Waals surface area contributed by atoms with Crippen LogP contribution in [-0.4, -0.2) is 132 Å². The van der Waals surface area contributed by atoms with Gasteiger partial charge in [-0.2, -0.15) is 5.06 Å². The molecular weight excluding hydrogens is 668 g/mol. The van der Waals surface area contributed by atoms with Crippen LogP contribution in [0.25, 0.3) is 6.08 Å².